The van der Waals surface area contributed by atoms with Gasteiger partial charge in [0.2, 0.25) is 5.91 Å². The molecular weight excluding hydrogens is 457 g/mol. The highest BCUT2D eigenvalue weighted by molar-refractivity contribution is 7.99. The lowest BCUT2D eigenvalue weighted by Crippen LogP contribution is -2.29. The second-order valence-corrected chi connectivity index (χ2v) is 8.39. The third-order valence-electron chi connectivity index (χ3n) is 4.38. The number of thioether (sulfide) groups is 1. The van der Waals surface area contributed by atoms with Crippen molar-refractivity contribution >= 4 is 52.5 Å². The van der Waals surface area contributed by atoms with Crippen molar-refractivity contribution < 1.29 is 9.59 Å². The number of nitrogens with one attached hydrogen (secondary N) is 2. The molecule has 0 spiro atoms. The molecule has 0 saturated carbocycles. The van der Waals surface area contributed by atoms with E-state index in [1.807, 2.05) is 18.4 Å². The van der Waals surface area contributed by atoms with Crippen LogP contribution in [0.4, 0.5) is 5.69 Å². The number of benzene rings is 2. The smallest absolute Gasteiger partial charge is 0.253 e. The van der Waals surface area contributed by atoms with E-state index in [0.717, 1.165) is 0 Å². The van der Waals surface area contributed by atoms with Crippen molar-refractivity contribution in [2.75, 3.05) is 11.1 Å². The summed E-state index contributed by atoms with van der Waals surface area (Å²) >= 11 is 13.2. The number of carbonyl (C=O) groups is 2. The van der Waals surface area contributed by atoms with Crippen molar-refractivity contribution in [3.05, 3.63) is 70.0 Å². The molecule has 0 aliphatic carbocycles. The molecule has 2 N–H and O–H groups in total. The molecule has 0 fully saturated rings. The topological polar surface area (TPSA) is 88.9 Å². The van der Waals surface area contributed by atoms with Gasteiger partial charge >= 0.3 is 0 Å². The van der Waals surface area contributed by atoms with Gasteiger partial charge in [-0.2, -0.15) is 0 Å². The van der Waals surface area contributed by atoms with Gasteiger partial charge in [-0.3, -0.25) is 9.59 Å². The monoisotopic (exact) mass is 477 g/mol. The van der Waals surface area contributed by atoms with Crippen LogP contribution in [-0.2, 0) is 11.3 Å². The largest absolute Gasteiger partial charge is 0.342 e. The first-order valence-corrected chi connectivity index (χ1v) is 11.3. The standard InChI is InChI=1S/C21H21Cl2N5O2S/c1-3-28-19(13(2)24-20(30)16-6-4-5-7-17(16)23)26-27-21(28)31-12-18(29)25-15-10-8-14(22)9-11-15/h4-11,13H,3,12H2,1-2H3,(H,24,30)(H,25,29)/t13-/m1/s1. The Hall–Kier alpha value is -2.55. The van der Waals surface area contributed by atoms with E-state index >= 15 is 0 Å². The first-order valence-electron chi connectivity index (χ1n) is 9.55. The zero-order valence-corrected chi connectivity index (χ0v) is 19.3. The van der Waals surface area contributed by atoms with Crippen molar-refractivity contribution in [1.82, 2.24) is 20.1 Å². The fourth-order valence-electron chi connectivity index (χ4n) is 2.87. The van der Waals surface area contributed by atoms with Gasteiger partial charge in [-0.1, -0.05) is 47.1 Å². The van der Waals surface area contributed by atoms with Crippen molar-refractivity contribution in [3.63, 3.8) is 0 Å². The van der Waals surface area contributed by atoms with Crippen molar-refractivity contribution in [2.45, 2.75) is 31.6 Å². The number of hydrogen-bond acceptors (Lipinski definition) is 5. The summed E-state index contributed by atoms with van der Waals surface area (Å²) in [5.41, 5.74) is 1.07. The summed E-state index contributed by atoms with van der Waals surface area (Å²) in [5, 5.41) is 15.7. The SMILES string of the molecule is CCn1c(SCC(=O)Nc2ccc(Cl)cc2)nnc1[C@@H](C)NC(=O)c1ccccc1Cl. The second-order valence-electron chi connectivity index (χ2n) is 6.60. The van der Waals surface area contributed by atoms with E-state index in [1.165, 1.54) is 11.8 Å². The van der Waals surface area contributed by atoms with Gasteiger partial charge in [0.25, 0.3) is 5.91 Å². The molecule has 0 aliphatic heterocycles. The van der Waals surface area contributed by atoms with Gasteiger partial charge in [0, 0.05) is 17.3 Å². The van der Waals surface area contributed by atoms with Gasteiger partial charge in [-0.05, 0) is 50.2 Å². The van der Waals surface area contributed by atoms with Gasteiger partial charge in [0.05, 0.1) is 22.4 Å². The number of rotatable bonds is 8. The van der Waals surface area contributed by atoms with Crippen LogP contribution in [0.5, 0.6) is 0 Å². The highest BCUT2D eigenvalue weighted by Crippen LogP contribution is 2.22. The minimum absolute atomic E-state index is 0.167. The Morgan fingerprint density at radius 1 is 1.10 bits per heavy atom. The first-order chi connectivity index (χ1) is 14.9. The lowest BCUT2D eigenvalue weighted by molar-refractivity contribution is -0.113. The Morgan fingerprint density at radius 3 is 2.48 bits per heavy atom. The minimum Gasteiger partial charge on any atom is -0.342 e. The summed E-state index contributed by atoms with van der Waals surface area (Å²) in [5.74, 6) is 0.310. The van der Waals surface area contributed by atoms with Crippen molar-refractivity contribution in [2.24, 2.45) is 0 Å². The molecule has 0 aliphatic rings. The number of nitrogens with zero attached hydrogens (tertiary/aromatic N) is 3. The maximum Gasteiger partial charge on any atom is 0.253 e. The summed E-state index contributed by atoms with van der Waals surface area (Å²) in [6, 6.07) is 13.3. The number of hydrogen-bond donors (Lipinski definition) is 2. The molecule has 2 amide bonds. The van der Waals surface area contributed by atoms with E-state index in [1.54, 1.807) is 48.5 Å². The van der Waals surface area contributed by atoms with E-state index in [2.05, 4.69) is 20.8 Å². The fourth-order valence-corrected chi connectivity index (χ4v) is 4.03. The van der Waals surface area contributed by atoms with E-state index in [0.29, 0.717) is 38.8 Å². The Kier molecular flexibility index (Phi) is 7.95. The molecule has 3 aromatic rings. The molecule has 10 heteroatoms. The maximum absolute atomic E-state index is 12.5. The summed E-state index contributed by atoms with van der Waals surface area (Å²) in [7, 11) is 0. The van der Waals surface area contributed by atoms with Gasteiger partial charge in [-0.25, -0.2) is 0 Å². The Balaban J connectivity index is 1.63. The maximum atomic E-state index is 12.5. The molecule has 1 atom stereocenters. The zero-order chi connectivity index (χ0) is 22.4. The molecule has 0 saturated heterocycles. The molecule has 31 heavy (non-hydrogen) atoms. The van der Waals surface area contributed by atoms with E-state index in [-0.39, 0.29) is 17.6 Å². The first kappa shape index (κ1) is 23.1. The highest BCUT2D eigenvalue weighted by Gasteiger charge is 2.21. The quantitative estimate of drug-likeness (QED) is 0.453. The molecule has 0 radical (unpaired) electrons. The highest BCUT2D eigenvalue weighted by atomic mass is 35.5. The van der Waals surface area contributed by atoms with Crippen LogP contribution in [0, 0.1) is 0 Å². The molecule has 3 rings (SSSR count). The summed E-state index contributed by atoms with van der Waals surface area (Å²) in [4.78, 5) is 24.8. The van der Waals surface area contributed by atoms with Gasteiger partial charge in [0.1, 0.15) is 0 Å². The lowest BCUT2D eigenvalue weighted by atomic mass is 10.2. The van der Waals surface area contributed by atoms with Crippen LogP contribution in [0.25, 0.3) is 0 Å². The number of anilines is 1. The average Bonchev–Trinajstić information content (AvgIpc) is 3.17. The Bertz CT molecular complexity index is 1070. The zero-order valence-electron chi connectivity index (χ0n) is 16.9. The van der Waals surface area contributed by atoms with Crippen LogP contribution >= 0.6 is 35.0 Å². The van der Waals surface area contributed by atoms with Crippen molar-refractivity contribution in [3.8, 4) is 0 Å². The molecular formula is C21H21Cl2N5O2S. The van der Waals surface area contributed by atoms with Crippen LogP contribution in [0.2, 0.25) is 10.0 Å². The van der Waals surface area contributed by atoms with Crippen LogP contribution in [0.15, 0.2) is 53.7 Å². The third kappa shape index (κ3) is 6.00. The minimum atomic E-state index is -0.395. The van der Waals surface area contributed by atoms with Gasteiger partial charge in [-0.15, -0.1) is 10.2 Å². The summed E-state index contributed by atoms with van der Waals surface area (Å²) in [6.45, 7) is 4.37. The fraction of sp³-hybridized carbons (Fsp3) is 0.238. The summed E-state index contributed by atoms with van der Waals surface area (Å²) in [6.07, 6.45) is 0. The molecule has 0 unspecified atom stereocenters. The molecule has 7 nitrogen and oxygen atoms in total. The van der Waals surface area contributed by atoms with Crippen LogP contribution < -0.4 is 10.6 Å². The molecule has 0 bridgehead atoms. The number of aromatic nitrogens is 3. The van der Waals surface area contributed by atoms with E-state index < -0.39 is 6.04 Å². The van der Waals surface area contributed by atoms with Crippen molar-refractivity contribution in [1.29, 1.82) is 0 Å². The van der Waals surface area contributed by atoms with Gasteiger partial charge < -0.3 is 15.2 Å². The van der Waals surface area contributed by atoms with E-state index in [9.17, 15) is 9.59 Å². The van der Waals surface area contributed by atoms with Crippen LogP contribution in [0.1, 0.15) is 36.1 Å². The second kappa shape index (κ2) is 10.7. The Morgan fingerprint density at radius 2 is 1.81 bits per heavy atom. The molecule has 2 aromatic carbocycles. The average molecular weight is 478 g/mol. The molecule has 1 aromatic heterocycles. The Labute approximate surface area is 194 Å². The lowest BCUT2D eigenvalue weighted by Gasteiger charge is -2.15. The number of amides is 2. The van der Waals surface area contributed by atoms with Crippen LogP contribution in [0.3, 0.4) is 0 Å². The molecule has 1 heterocycles. The number of halogens is 2. The predicted molar refractivity (Wildman–Crippen MR) is 124 cm³/mol. The summed E-state index contributed by atoms with van der Waals surface area (Å²) < 4.78 is 1.87. The number of carbonyl (C=O) groups excluding carboxylic acids is 2. The predicted octanol–water partition coefficient (Wildman–Crippen LogP) is 4.83. The third-order valence-corrected chi connectivity index (χ3v) is 5.92. The van der Waals surface area contributed by atoms with Crippen LogP contribution in [-0.4, -0.2) is 32.3 Å². The van der Waals surface area contributed by atoms with E-state index in [4.69, 9.17) is 23.2 Å². The normalized spacial score (nSPS) is 11.7. The van der Waals surface area contributed by atoms with Gasteiger partial charge in [0.15, 0.2) is 11.0 Å². The molecule has 162 valence electrons.